The number of carbonyl (C=O) groups excluding carboxylic acids is 1. The molecular formula is C27H34FN3O3. The Morgan fingerprint density at radius 1 is 1.09 bits per heavy atom. The summed E-state index contributed by atoms with van der Waals surface area (Å²) in [5, 5.41) is 14.3. The van der Waals surface area contributed by atoms with E-state index in [0.29, 0.717) is 18.7 Å². The average molecular weight is 468 g/mol. The summed E-state index contributed by atoms with van der Waals surface area (Å²) in [7, 11) is 0. The molecule has 2 N–H and O–H groups in total. The Bertz CT molecular complexity index is 978. The fourth-order valence-electron chi connectivity index (χ4n) is 5.01. The van der Waals surface area contributed by atoms with Crippen molar-refractivity contribution >= 4 is 11.6 Å². The van der Waals surface area contributed by atoms with Gasteiger partial charge in [-0.1, -0.05) is 24.3 Å². The van der Waals surface area contributed by atoms with E-state index in [2.05, 4.69) is 27.2 Å². The number of aliphatic hydroxyl groups excluding tert-OH is 1. The third kappa shape index (κ3) is 5.53. The van der Waals surface area contributed by atoms with Gasteiger partial charge in [0.1, 0.15) is 6.10 Å². The van der Waals surface area contributed by atoms with Crippen molar-refractivity contribution < 1.29 is 19.0 Å². The first kappa shape index (κ1) is 23.1. The fraction of sp³-hybridized carbons (Fsp3) is 0.519. The Hall–Kier alpha value is -2.64. The smallest absolute Gasteiger partial charge is 0.225 e. The summed E-state index contributed by atoms with van der Waals surface area (Å²) < 4.78 is 20.2. The third-order valence-corrected chi connectivity index (χ3v) is 7.16. The van der Waals surface area contributed by atoms with E-state index < -0.39 is 18.0 Å². The predicted molar refractivity (Wildman–Crippen MR) is 129 cm³/mol. The Balaban J connectivity index is 1.26. The van der Waals surface area contributed by atoms with E-state index >= 15 is 0 Å². The van der Waals surface area contributed by atoms with Crippen molar-refractivity contribution in [2.45, 2.75) is 50.4 Å². The van der Waals surface area contributed by atoms with Gasteiger partial charge < -0.3 is 25.0 Å². The molecule has 1 amide bonds. The fourth-order valence-corrected chi connectivity index (χ4v) is 5.01. The lowest BCUT2D eigenvalue weighted by Gasteiger charge is -2.30. The second kappa shape index (κ2) is 10.3. The largest absolute Gasteiger partial charge is 0.487 e. The molecule has 5 rings (SSSR count). The molecule has 2 saturated heterocycles. The third-order valence-electron chi connectivity index (χ3n) is 7.16. The summed E-state index contributed by atoms with van der Waals surface area (Å²) in [4.78, 5) is 17.7. The molecule has 7 heteroatoms. The van der Waals surface area contributed by atoms with Gasteiger partial charge in [0.2, 0.25) is 5.91 Å². The Morgan fingerprint density at radius 3 is 2.56 bits per heavy atom. The maximum atomic E-state index is 14.6. The molecule has 0 radical (unpaired) electrons. The van der Waals surface area contributed by atoms with Crippen molar-refractivity contribution in [2.75, 3.05) is 37.6 Å². The SMILES string of the molecule is O=C(N[C@H](CN1CCCC1)[C@H](O)c1ccc(OC2CC2)c(F)c1)[C@@H]1CCN(c2ccccc2)C1. The highest BCUT2D eigenvalue weighted by molar-refractivity contribution is 5.80. The van der Waals surface area contributed by atoms with Gasteiger partial charge in [-0.3, -0.25) is 4.79 Å². The summed E-state index contributed by atoms with van der Waals surface area (Å²) >= 11 is 0. The molecule has 3 fully saturated rings. The van der Waals surface area contributed by atoms with Crippen LogP contribution in [0, 0.1) is 11.7 Å². The lowest BCUT2D eigenvalue weighted by molar-refractivity contribution is -0.126. The molecule has 2 aromatic rings. The molecule has 34 heavy (non-hydrogen) atoms. The first-order valence-corrected chi connectivity index (χ1v) is 12.5. The molecule has 3 atom stereocenters. The van der Waals surface area contributed by atoms with Crippen LogP contribution in [0.4, 0.5) is 10.1 Å². The van der Waals surface area contributed by atoms with Gasteiger partial charge in [0.05, 0.1) is 18.1 Å². The zero-order valence-corrected chi connectivity index (χ0v) is 19.5. The molecule has 0 bridgehead atoms. The highest BCUT2D eigenvalue weighted by Gasteiger charge is 2.33. The van der Waals surface area contributed by atoms with Crippen LogP contribution in [0.15, 0.2) is 48.5 Å². The molecule has 2 heterocycles. The van der Waals surface area contributed by atoms with Crippen LogP contribution >= 0.6 is 0 Å². The van der Waals surface area contributed by atoms with E-state index in [9.17, 15) is 14.3 Å². The first-order valence-electron chi connectivity index (χ1n) is 12.5. The van der Waals surface area contributed by atoms with Crippen LogP contribution in [0.2, 0.25) is 0 Å². The summed E-state index contributed by atoms with van der Waals surface area (Å²) in [6.07, 6.45) is 4.03. The lowest BCUT2D eigenvalue weighted by Crippen LogP contribution is -2.48. The highest BCUT2D eigenvalue weighted by Crippen LogP contribution is 2.31. The van der Waals surface area contributed by atoms with Crippen LogP contribution in [0.1, 0.15) is 43.8 Å². The molecule has 0 spiro atoms. The second-order valence-electron chi connectivity index (χ2n) is 9.84. The number of hydrogen-bond donors (Lipinski definition) is 2. The maximum absolute atomic E-state index is 14.6. The van der Waals surface area contributed by atoms with Gasteiger partial charge in [-0.2, -0.15) is 0 Å². The van der Waals surface area contributed by atoms with E-state index in [1.54, 1.807) is 12.1 Å². The molecule has 2 aromatic carbocycles. The molecule has 182 valence electrons. The monoisotopic (exact) mass is 467 g/mol. The number of para-hydroxylation sites is 1. The van der Waals surface area contributed by atoms with Crippen molar-refractivity contribution in [1.29, 1.82) is 0 Å². The van der Waals surface area contributed by atoms with Crippen molar-refractivity contribution in [3.8, 4) is 5.75 Å². The van der Waals surface area contributed by atoms with Crippen molar-refractivity contribution in [2.24, 2.45) is 5.92 Å². The van der Waals surface area contributed by atoms with Gasteiger partial charge in [-0.15, -0.1) is 0 Å². The number of halogens is 1. The summed E-state index contributed by atoms with van der Waals surface area (Å²) in [5.41, 5.74) is 1.58. The number of benzene rings is 2. The number of aliphatic hydroxyl groups is 1. The molecule has 6 nitrogen and oxygen atoms in total. The van der Waals surface area contributed by atoms with Crippen molar-refractivity contribution in [3.05, 3.63) is 59.9 Å². The van der Waals surface area contributed by atoms with Gasteiger partial charge in [0, 0.05) is 25.3 Å². The first-order chi connectivity index (χ1) is 16.6. The van der Waals surface area contributed by atoms with E-state index in [1.807, 2.05) is 18.2 Å². The van der Waals surface area contributed by atoms with E-state index in [0.717, 1.165) is 57.4 Å². The molecule has 0 aromatic heterocycles. The van der Waals surface area contributed by atoms with Crippen LogP contribution in [0.25, 0.3) is 0 Å². The number of anilines is 1. The number of likely N-dealkylation sites (tertiary alicyclic amines) is 1. The Kier molecular flexibility index (Phi) is 7.02. The molecular weight excluding hydrogens is 433 g/mol. The summed E-state index contributed by atoms with van der Waals surface area (Å²) in [6.45, 7) is 3.93. The molecule has 3 aliphatic rings. The number of nitrogens with one attached hydrogen (secondary N) is 1. The van der Waals surface area contributed by atoms with Crippen molar-refractivity contribution in [1.82, 2.24) is 10.2 Å². The van der Waals surface area contributed by atoms with E-state index in [-0.39, 0.29) is 23.7 Å². The number of hydrogen-bond acceptors (Lipinski definition) is 5. The van der Waals surface area contributed by atoms with Gasteiger partial charge in [0.15, 0.2) is 11.6 Å². The quantitative estimate of drug-likeness (QED) is 0.591. The van der Waals surface area contributed by atoms with Crippen LogP contribution in [0.5, 0.6) is 5.75 Å². The van der Waals surface area contributed by atoms with Crippen LogP contribution in [-0.4, -0.2) is 60.8 Å². The number of nitrogens with zero attached hydrogens (tertiary/aromatic N) is 2. The van der Waals surface area contributed by atoms with Gasteiger partial charge >= 0.3 is 0 Å². The highest BCUT2D eigenvalue weighted by atomic mass is 19.1. The Labute approximate surface area is 200 Å². The molecule has 0 unspecified atom stereocenters. The summed E-state index contributed by atoms with van der Waals surface area (Å²) in [6, 6.07) is 14.3. The van der Waals surface area contributed by atoms with E-state index in [4.69, 9.17) is 4.74 Å². The minimum atomic E-state index is -0.999. The number of amides is 1. The number of carbonyl (C=O) groups is 1. The van der Waals surface area contributed by atoms with Crippen LogP contribution in [-0.2, 0) is 4.79 Å². The van der Waals surface area contributed by atoms with Gasteiger partial charge in [0.25, 0.3) is 0 Å². The predicted octanol–water partition coefficient (Wildman–Crippen LogP) is 3.51. The Morgan fingerprint density at radius 2 is 1.85 bits per heavy atom. The van der Waals surface area contributed by atoms with Gasteiger partial charge in [-0.05, 0) is 75.0 Å². The number of ether oxygens (including phenoxy) is 1. The zero-order chi connectivity index (χ0) is 23.5. The lowest BCUT2D eigenvalue weighted by atomic mass is 9.99. The van der Waals surface area contributed by atoms with Gasteiger partial charge in [-0.25, -0.2) is 4.39 Å². The average Bonchev–Trinajstić information content (AvgIpc) is 3.30. The van der Waals surface area contributed by atoms with Crippen molar-refractivity contribution in [3.63, 3.8) is 0 Å². The number of rotatable bonds is 9. The standard InChI is InChI=1S/C27H34FN3O3/c28-23-16-19(8-11-25(23)34-22-9-10-22)26(32)24(18-30-13-4-5-14-30)29-27(33)20-12-15-31(17-20)21-6-2-1-3-7-21/h1-3,6-8,11,16,20,22,24,26,32H,4-5,9-10,12-15,17-18H2,(H,29,33)/t20-,24-,26-/m1/s1. The van der Waals surface area contributed by atoms with E-state index in [1.165, 1.54) is 6.07 Å². The molecule has 2 aliphatic heterocycles. The minimum Gasteiger partial charge on any atom is -0.487 e. The van der Waals surface area contributed by atoms with Crippen LogP contribution < -0.4 is 15.0 Å². The molecule has 1 saturated carbocycles. The minimum absolute atomic E-state index is 0.0455. The summed E-state index contributed by atoms with van der Waals surface area (Å²) in [5.74, 6) is -0.426. The zero-order valence-electron chi connectivity index (χ0n) is 19.5. The molecule has 1 aliphatic carbocycles. The maximum Gasteiger partial charge on any atom is 0.225 e. The second-order valence-corrected chi connectivity index (χ2v) is 9.84. The topological polar surface area (TPSA) is 65.0 Å². The van der Waals surface area contributed by atoms with Crippen LogP contribution in [0.3, 0.4) is 0 Å². The normalized spacial score (nSPS) is 22.5.